The number of allylic oxidation sites excluding steroid dienone is 2. The van der Waals surface area contributed by atoms with Crippen LogP contribution in [0.5, 0.6) is 0 Å². The van der Waals surface area contributed by atoms with Gasteiger partial charge in [0.25, 0.3) is 0 Å². The van der Waals surface area contributed by atoms with Crippen LogP contribution >= 0.6 is 11.6 Å². The normalized spacial score (nSPS) is 26.6. The van der Waals surface area contributed by atoms with Crippen molar-refractivity contribution in [2.75, 3.05) is 0 Å². The van der Waals surface area contributed by atoms with Gasteiger partial charge < -0.3 is 0 Å². The van der Waals surface area contributed by atoms with Crippen LogP contribution in [0.15, 0.2) is 52.1 Å². The summed E-state index contributed by atoms with van der Waals surface area (Å²) >= 11 is 6.61. The Hall–Kier alpha value is -2.01. The van der Waals surface area contributed by atoms with E-state index in [4.69, 9.17) is 11.6 Å². The van der Waals surface area contributed by atoms with E-state index in [1.54, 1.807) is 24.3 Å². The number of para-hydroxylation sites is 1. The third-order valence-electron chi connectivity index (χ3n) is 4.26. The smallest absolute Gasteiger partial charge is 0.245 e. The van der Waals surface area contributed by atoms with E-state index < -0.39 is 5.00 Å². The Morgan fingerprint density at radius 1 is 1.14 bits per heavy atom. The molecule has 1 aliphatic carbocycles. The van der Waals surface area contributed by atoms with Crippen molar-refractivity contribution in [1.29, 1.82) is 0 Å². The van der Waals surface area contributed by atoms with Crippen LogP contribution in [0.1, 0.15) is 25.3 Å². The van der Waals surface area contributed by atoms with Gasteiger partial charge in [0.1, 0.15) is 0 Å². The summed E-state index contributed by atoms with van der Waals surface area (Å²) in [5.41, 5.74) is -0.134. The third kappa shape index (κ3) is 1.64. The van der Waals surface area contributed by atoms with Crippen molar-refractivity contribution in [1.82, 2.24) is 13.9 Å². The molecular formula is C15H14ClN3O2. The number of fused-ring (bicyclic) bond motifs is 2. The summed E-state index contributed by atoms with van der Waals surface area (Å²) in [6.07, 6.45) is 6.15. The minimum absolute atomic E-state index is 0.0930. The first-order valence-corrected chi connectivity index (χ1v) is 7.40. The maximum Gasteiger partial charge on any atom is 0.353 e. The summed E-state index contributed by atoms with van der Waals surface area (Å²) in [6, 6.07) is 8.86. The van der Waals surface area contributed by atoms with Crippen LogP contribution in [0, 0.1) is 0 Å². The van der Waals surface area contributed by atoms with E-state index >= 15 is 0 Å². The lowest BCUT2D eigenvalue weighted by Crippen LogP contribution is -2.41. The predicted molar refractivity (Wildman–Crippen MR) is 80.1 cm³/mol. The van der Waals surface area contributed by atoms with E-state index in [1.165, 1.54) is 13.9 Å². The molecular weight excluding hydrogens is 290 g/mol. The summed E-state index contributed by atoms with van der Waals surface area (Å²) in [6.45, 7) is 0. The molecule has 2 aromatic rings. The highest BCUT2D eigenvalue weighted by Crippen LogP contribution is 2.39. The number of halogens is 1. The van der Waals surface area contributed by atoms with Gasteiger partial charge >= 0.3 is 11.4 Å². The average molecular weight is 304 g/mol. The number of hydrogen-bond donors (Lipinski definition) is 0. The maximum atomic E-state index is 12.8. The van der Waals surface area contributed by atoms with Crippen molar-refractivity contribution >= 4 is 11.6 Å². The zero-order valence-corrected chi connectivity index (χ0v) is 12.0. The first-order chi connectivity index (χ1) is 10.1. The van der Waals surface area contributed by atoms with Gasteiger partial charge in [-0.1, -0.05) is 35.9 Å². The van der Waals surface area contributed by atoms with Crippen molar-refractivity contribution in [2.24, 2.45) is 0 Å². The Kier molecular flexibility index (Phi) is 2.57. The standard InChI is InChI=1S/C15H14ClN3O2/c16-15-9-4-7-12(8-10-15)18-13(20)17(14(21)19(15)18)11-5-2-1-3-6-11/h1-3,5-6,8,10,12H,4,7,9H2/t12-,15+/m1/s1. The topological polar surface area (TPSA) is 48.9 Å². The average Bonchev–Trinajstić information content (AvgIpc) is 2.63. The first-order valence-electron chi connectivity index (χ1n) is 7.02. The van der Waals surface area contributed by atoms with Crippen molar-refractivity contribution in [3.8, 4) is 5.69 Å². The molecule has 5 nitrogen and oxygen atoms in total. The van der Waals surface area contributed by atoms with Gasteiger partial charge in [-0.2, -0.15) is 0 Å². The molecule has 0 radical (unpaired) electrons. The molecule has 3 aliphatic rings. The Labute approximate surface area is 125 Å². The van der Waals surface area contributed by atoms with Gasteiger partial charge in [0.15, 0.2) is 5.00 Å². The second kappa shape index (κ2) is 4.24. The molecule has 0 fully saturated rings. The SMILES string of the molecule is O=c1n(-c2ccccc2)c(=O)n2n1[C@H]1C=C[C@]2(Cl)CCC1. The number of aromatic nitrogens is 3. The van der Waals surface area contributed by atoms with Gasteiger partial charge in [0.2, 0.25) is 0 Å². The van der Waals surface area contributed by atoms with Gasteiger partial charge in [-0.05, 0) is 37.5 Å². The molecule has 3 heterocycles. The minimum atomic E-state index is -0.927. The molecule has 0 saturated carbocycles. The fourth-order valence-corrected chi connectivity index (χ4v) is 3.62. The number of benzene rings is 1. The zero-order chi connectivity index (χ0) is 14.6. The Morgan fingerprint density at radius 2 is 1.90 bits per heavy atom. The quantitative estimate of drug-likeness (QED) is 0.597. The van der Waals surface area contributed by atoms with Crippen molar-refractivity contribution in [3.05, 3.63) is 63.5 Å². The highest BCUT2D eigenvalue weighted by Gasteiger charge is 2.40. The van der Waals surface area contributed by atoms with E-state index in [-0.39, 0.29) is 17.4 Å². The van der Waals surface area contributed by atoms with Crippen molar-refractivity contribution < 1.29 is 0 Å². The summed E-state index contributed by atoms with van der Waals surface area (Å²) in [7, 11) is 0. The van der Waals surface area contributed by atoms with Crippen LogP contribution in [0.4, 0.5) is 0 Å². The first kappa shape index (κ1) is 12.7. The van der Waals surface area contributed by atoms with Crippen molar-refractivity contribution in [2.45, 2.75) is 30.3 Å². The van der Waals surface area contributed by atoms with Crippen molar-refractivity contribution in [3.63, 3.8) is 0 Å². The third-order valence-corrected chi connectivity index (χ3v) is 4.73. The molecule has 1 aromatic carbocycles. The molecule has 5 rings (SSSR count). The summed E-state index contributed by atoms with van der Waals surface area (Å²) in [5.74, 6) is 0. The molecule has 2 aliphatic heterocycles. The van der Waals surface area contributed by atoms with Crippen LogP contribution in [0.25, 0.3) is 5.69 Å². The Bertz CT molecular complexity index is 846. The monoisotopic (exact) mass is 303 g/mol. The van der Waals surface area contributed by atoms with Gasteiger partial charge in [-0.3, -0.25) is 0 Å². The molecule has 0 N–H and O–H groups in total. The van der Waals surface area contributed by atoms with Crippen LogP contribution in [-0.4, -0.2) is 13.9 Å². The summed E-state index contributed by atoms with van der Waals surface area (Å²) in [4.78, 5) is 24.6. The molecule has 2 bridgehead atoms. The number of rotatable bonds is 1. The Balaban J connectivity index is 2.07. The van der Waals surface area contributed by atoms with Crippen LogP contribution in [-0.2, 0) is 5.00 Å². The molecule has 2 atom stereocenters. The van der Waals surface area contributed by atoms with E-state index in [9.17, 15) is 9.59 Å². The minimum Gasteiger partial charge on any atom is -0.245 e. The van der Waals surface area contributed by atoms with Crippen LogP contribution < -0.4 is 11.4 Å². The number of hydrogen-bond acceptors (Lipinski definition) is 2. The fraction of sp³-hybridized carbons (Fsp3) is 0.333. The largest absolute Gasteiger partial charge is 0.353 e. The highest BCUT2D eigenvalue weighted by atomic mass is 35.5. The fourth-order valence-electron chi connectivity index (χ4n) is 3.26. The van der Waals surface area contributed by atoms with E-state index in [1.807, 2.05) is 18.2 Å². The van der Waals surface area contributed by atoms with Crippen LogP contribution in [0.3, 0.4) is 0 Å². The highest BCUT2D eigenvalue weighted by molar-refractivity contribution is 6.23. The Morgan fingerprint density at radius 3 is 2.67 bits per heavy atom. The summed E-state index contributed by atoms with van der Waals surface area (Å²) < 4.78 is 4.12. The van der Waals surface area contributed by atoms with Gasteiger partial charge in [0.05, 0.1) is 11.7 Å². The van der Waals surface area contributed by atoms with E-state index in [2.05, 4.69) is 0 Å². The molecule has 6 heteroatoms. The lowest BCUT2D eigenvalue weighted by molar-refractivity contribution is 0.342. The predicted octanol–water partition coefficient (Wildman–Crippen LogP) is 1.99. The van der Waals surface area contributed by atoms with Gasteiger partial charge in [0, 0.05) is 0 Å². The lowest BCUT2D eigenvalue weighted by atomic mass is 10.1. The number of nitrogens with zero attached hydrogens (tertiary/aromatic N) is 3. The lowest BCUT2D eigenvalue weighted by Gasteiger charge is -2.28. The molecule has 0 unspecified atom stereocenters. The van der Waals surface area contributed by atoms with Gasteiger partial charge in [-0.15, -0.1) is 0 Å². The molecule has 0 saturated heterocycles. The molecule has 0 spiro atoms. The second-order valence-electron chi connectivity index (χ2n) is 5.53. The number of alkyl halides is 1. The molecule has 108 valence electrons. The molecule has 21 heavy (non-hydrogen) atoms. The van der Waals surface area contributed by atoms with E-state index in [0.29, 0.717) is 12.1 Å². The summed E-state index contributed by atoms with van der Waals surface area (Å²) in [5, 5.41) is 0. The second-order valence-corrected chi connectivity index (χ2v) is 6.18. The zero-order valence-electron chi connectivity index (χ0n) is 11.3. The molecule has 0 amide bonds. The van der Waals surface area contributed by atoms with Gasteiger partial charge in [-0.25, -0.2) is 23.5 Å². The van der Waals surface area contributed by atoms with E-state index in [0.717, 1.165) is 12.8 Å². The maximum absolute atomic E-state index is 12.8. The van der Waals surface area contributed by atoms with Crippen LogP contribution in [0.2, 0.25) is 0 Å². The molecule has 1 aromatic heterocycles.